The third-order valence-electron chi connectivity index (χ3n) is 10.4. The number of nitrogens with zero attached hydrogens (tertiary/aromatic N) is 2. The highest BCUT2D eigenvalue weighted by molar-refractivity contribution is 5.75. The third kappa shape index (κ3) is 1.73. The van der Waals surface area contributed by atoms with Gasteiger partial charge in [0, 0.05) is 30.5 Å². The number of carbonyl (C=O) groups excluding carboxylic acids is 1. The zero-order valence-corrected chi connectivity index (χ0v) is 17.5. The minimum absolute atomic E-state index is 0.0179. The van der Waals surface area contributed by atoms with Gasteiger partial charge in [0.25, 0.3) is 0 Å². The van der Waals surface area contributed by atoms with Crippen molar-refractivity contribution in [1.82, 2.24) is 20.2 Å². The Morgan fingerprint density at radius 3 is 2.33 bits per heavy atom. The van der Waals surface area contributed by atoms with Crippen molar-refractivity contribution in [3.63, 3.8) is 0 Å². The van der Waals surface area contributed by atoms with Crippen LogP contribution in [0.25, 0.3) is 0 Å². The van der Waals surface area contributed by atoms with Crippen molar-refractivity contribution in [2.75, 3.05) is 6.54 Å². The molecule has 5 aliphatic carbocycles. The lowest BCUT2D eigenvalue weighted by Crippen LogP contribution is -2.70. The van der Waals surface area contributed by atoms with E-state index in [0.29, 0.717) is 34.1 Å². The predicted octanol–water partition coefficient (Wildman–Crippen LogP) is 3.88. The van der Waals surface area contributed by atoms with E-state index in [1.54, 1.807) is 0 Å². The van der Waals surface area contributed by atoms with E-state index in [1.807, 2.05) is 12.5 Å². The summed E-state index contributed by atoms with van der Waals surface area (Å²) in [4.78, 5) is 16.9. The first-order chi connectivity index (χ1) is 12.6. The predicted molar refractivity (Wildman–Crippen MR) is 105 cm³/mol. The Balaban J connectivity index is 1.22. The molecule has 1 aromatic rings. The van der Waals surface area contributed by atoms with Crippen LogP contribution in [0, 0.1) is 34.5 Å². The zero-order valence-electron chi connectivity index (χ0n) is 17.5. The Bertz CT molecular complexity index is 785. The van der Waals surface area contributed by atoms with Gasteiger partial charge in [-0.25, -0.2) is 9.78 Å². The fraction of sp³-hybridized carbons (Fsp3) is 0.818. The number of aryl methyl sites for hydroxylation is 2. The van der Waals surface area contributed by atoms with Crippen LogP contribution in [-0.2, 0) is 6.54 Å². The first kappa shape index (κ1) is 17.6. The molecule has 5 heteroatoms. The van der Waals surface area contributed by atoms with Gasteiger partial charge in [-0.15, -0.1) is 0 Å². The monoisotopic (exact) mass is 370 g/mol. The highest BCUT2D eigenvalue weighted by Crippen LogP contribution is 2.95. The molecule has 1 aromatic heterocycles. The summed E-state index contributed by atoms with van der Waals surface area (Å²) in [7, 11) is 0. The number of hydrogen-bond acceptors (Lipinski definition) is 2. The summed E-state index contributed by atoms with van der Waals surface area (Å²) in [6.45, 7) is 13.7. The zero-order chi connectivity index (χ0) is 19.3. The Kier molecular flexibility index (Phi) is 3.19. The topological polar surface area (TPSA) is 59.0 Å². The third-order valence-corrected chi connectivity index (χ3v) is 10.4. The van der Waals surface area contributed by atoms with Crippen molar-refractivity contribution in [1.29, 1.82) is 0 Å². The van der Waals surface area contributed by atoms with Crippen LogP contribution in [0.15, 0.2) is 12.5 Å². The van der Waals surface area contributed by atoms with Crippen LogP contribution in [0.3, 0.4) is 0 Å². The van der Waals surface area contributed by atoms with Crippen LogP contribution in [0.5, 0.6) is 0 Å². The number of imidazole rings is 1. The molecule has 27 heavy (non-hydrogen) atoms. The van der Waals surface area contributed by atoms with Gasteiger partial charge in [-0.2, -0.15) is 0 Å². The molecule has 6 bridgehead atoms. The molecule has 5 fully saturated rings. The average Bonchev–Trinajstić information content (AvgIpc) is 3.14. The van der Waals surface area contributed by atoms with E-state index >= 15 is 0 Å². The van der Waals surface area contributed by atoms with Crippen molar-refractivity contribution in [3.05, 3.63) is 18.2 Å². The van der Waals surface area contributed by atoms with E-state index in [0.717, 1.165) is 25.8 Å². The molecule has 6 rings (SSSR count). The fourth-order valence-corrected chi connectivity index (χ4v) is 8.65. The Hall–Kier alpha value is -1.52. The maximum atomic E-state index is 12.7. The first-order valence-electron chi connectivity index (χ1n) is 10.6. The van der Waals surface area contributed by atoms with E-state index in [4.69, 9.17) is 0 Å². The van der Waals surface area contributed by atoms with Gasteiger partial charge in [-0.1, -0.05) is 27.7 Å². The molecule has 148 valence electrons. The maximum Gasteiger partial charge on any atom is 0.315 e. The molecule has 4 atom stereocenters. The van der Waals surface area contributed by atoms with Crippen LogP contribution in [-0.4, -0.2) is 27.7 Å². The lowest BCUT2D eigenvalue weighted by molar-refractivity contribution is -0.283. The minimum Gasteiger partial charge on any atom is -0.338 e. The van der Waals surface area contributed by atoms with Gasteiger partial charge >= 0.3 is 6.03 Å². The highest BCUT2D eigenvalue weighted by atomic mass is 16.2. The highest BCUT2D eigenvalue weighted by Gasteiger charge is 2.90. The molecule has 0 aliphatic heterocycles. The SMILES string of the molecule is Cc1cncn1CCCNC(=O)NC12CC3(C)C4(C)CC1CC4(C)C3(C)C2. The summed E-state index contributed by atoms with van der Waals surface area (Å²) in [5, 5.41) is 6.61. The van der Waals surface area contributed by atoms with Gasteiger partial charge in [0.15, 0.2) is 0 Å². The van der Waals surface area contributed by atoms with Gasteiger partial charge < -0.3 is 15.2 Å². The summed E-state index contributed by atoms with van der Waals surface area (Å²) in [5.41, 5.74) is 2.84. The molecule has 1 heterocycles. The van der Waals surface area contributed by atoms with Crippen LogP contribution in [0.2, 0.25) is 0 Å². The van der Waals surface area contributed by atoms with Crippen LogP contribution < -0.4 is 10.6 Å². The van der Waals surface area contributed by atoms with E-state index in [2.05, 4.69) is 54.8 Å². The molecule has 2 amide bonds. The number of hydrogen-bond donors (Lipinski definition) is 2. The molecule has 0 spiro atoms. The molecule has 0 radical (unpaired) electrons. The number of rotatable bonds is 5. The lowest BCUT2D eigenvalue weighted by atomic mass is 9.28. The number of aromatic nitrogens is 2. The summed E-state index contributed by atoms with van der Waals surface area (Å²) < 4.78 is 2.13. The standard InChI is InChI=1S/C22H34N4O/c1-15-11-23-14-26(15)8-6-7-24-17(27)25-22-12-20(4)18(2)9-16(22)10-19(18,3)21(20,5)13-22/h11,14,16H,6-10,12-13H2,1-5H3,(H2,24,25,27). The van der Waals surface area contributed by atoms with Crippen molar-refractivity contribution >= 4 is 6.03 Å². The van der Waals surface area contributed by atoms with Crippen molar-refractivity contribution in [2.24, 2.45) is 27.6 Å². The van der Waals surface area contributed by atoms with Gasteiger partial charge in [0.2, 0.25) is 0 Å². The number of amides is 2. The summed E-state index contributed by atoms with van der Waals surface area (Å²) in [6, 6.07) is 0.0306. The van der Waals surface area contributed by atoms with Crippen molar-refractivity contribution in [2.45, 2.75) is 78.8 Å². The second-order valence-corrected chi connectivity index (χ2v) is 10.9. The molecule has 4 unspecified atom stereocenters. The largest absolute Gasteiger partial charge is 0.338 e. The van der Waals surface area contributed by atoms with E-state index in [9.17, 15) is 4.79 Å². The van der Waals surface area contributed by atoms with Gasteiger partial charge in [-0.3, -0.25) is 0 Å². The number of carbonyl (C=O) groups is 1. The smallest absolute Gasteiger partial charge is 0.315 e. The molecule has 0 aromatic carbocycles. The summed E-state index contributed by atoms with van der Waals surface area (Å²) in [6.07, 6.45) is 9.55. The minimum atomic E-state index is 0.0179. The van der Waals surface area contributed by atoms with E-state index in [-0.39, 0.29) is 11.6 Å². The molecule has 5 nitrogen and oxygen atoms in total. The summed E-state index contributed by atoms with van der Waals surface area (Å²) in [5.74, 6) is 0.649. The molecular weight excluding hydrogens is 336 g/mol. The van der Waals surface area contributed by atoms with E-state index < -0.39 is 0 Å². The Labute approximate surface area is 162 Å². The quantitative estimate of drug-likeness (QED) is 0.773. The van der Waals surface area contributed by atoms with Crippen LogP contribution >= 0.6 is 0 Å². The van der Waals surface area contributed by atoms with Gasteiger partial charge in [0.05, 0.1) is 6.33 Å². The van der Waals surface area contributed by atoms with Crippen LogP contribution in [0.4, 0.5) is 4.79 Å². The average molecular weight is 371 g/mol. The Morgan fingerprint density at radius 1 is 1.15 bits per heavy atom. The number of urea groups is 1. The maximum absolute atomic E-state index is 12.7. The molecule has 2 N–H and O–H groups in total. The molecule has 0 saturated heterocycles. The molecular formula is C22H34N4O. The molecule has 5 saturated carbocycles. The Morgan fingerprint density at radius 2 is 1.78 bits per heavy atom. The fourth-order valence-electron chi connectivity index (χ4n) is 8.65. The second kappa shape index (κ2) is 4.90. The normalized spacial score (nSPS) is 48.6. The van der Waals surface area contributed by atoms with Gasteiger partial charge in [-0.05, 0) is 66.6 Å². The number of nitrogens with one attached hydrogen (secondary N) is 2. The lowest BCUT2D eigenvalue weighted by Gasteiger charge is -2.76. The second-order valence-electron chi connectivity index (χ2n) is 10.9. The first-order valence-corrected chi connectivity index (χ1v) is 10.6. The summed E-state index contributed by atoms with van der Waals surface area (Å²) >= 11 is 0. The molecule has 5 aliphatic rings. The van der Waals surface area contributed by atoms with Gasteiger partial charge in [0.1, 0.15) is 0 Å². The van der Waals surface area contributed by atoms with Crippen molar-refractivity contribution < 1.29 is 4.79 Å². The van der Waals surface area contributed by atoms with Crippen LogP contribution in [0.1, 0.15) is 65.5 Å². The van der Waals surface area contributed by atoms with E-state index in [1.165, 1.54) is 18.5 Å². The van der Waals surface area contributed by atoms with Crippen molar-refractivity contribution in [3.8, 4) is 0 Å².